The average molecular weight is 164 g/mol. The lowest BCUT2D eigenvalue weighted by Gasteiger charge is -2.12. The summed E-state index contributed by atoms with van der Waals surface area (Å²) in [5.41, 5.74) is 0. The topological polar surface area (TPSA) is 96.0 Å². The van der Waals surface area contributed by atoms with Crippen LogP contribution in [0.4, 0.5) is 0 Å². The molecule has 0 aliphatic heterocycles. The maximum Gasteiger partial charge on any atom is 0.336 e. The summed E-state index contributed by atoms with van der Waals surface area (Å²) in [5.74, 6) is 3.95. The molecule has 0 aliphatic carbocycles. The monoisotopic (exact) mass is 164 g/mol. The van der Waals surface area contributed by atoms with Crippen molar-refractivity contribution in [1.82, 2.24) is 5.17 Å². The maximum absolute atomic E-state index is 10.6. The third-order valence-corrected chi connectivity index (χ3v) is 0.919. The molecular weight excluding hydrogens is 152 g/mol. The van der Waals surface area contributed by atoms with Crippen LogP contribution in [0.25, 0.3) is 0 Å². The molecule has 6 nitrogen and oxygen atoms in total. The minimum atomic E-state index is -1.40. The fourth-order valence-electron chi connectivity index (χ4n) is 0.490. The van der Waals surface area contributed by atoms with Gasteiger partial charge in [0, 0.05) is 0 Å². The Morgan fingerprint density at radius 1 is 1.82 bits per heavy atom. The molecule has 4 N–H and O–H groups in total. The van der Waals surface area contributed by atoms with Gasteiger partial charge in [0.05, 0.1) is 13.2 Å². The van der Waals surface area contributed by atoms with Crippen molar-refractivity contribution in [3.8, 4) is 0 Å². The van der Waals surface area contributed by atoms with Crippen LogP contribution < -0.4 is 5.84 Å². The Kier molecular flexibility index (Phi) is 4.71. The third-order valence-electron chi connectivity index (χ3n) is 0.919. The molecule has 0 bridgehead atoms. The molecule has 0 aliphatic rings. The summed E-state index contributed by atoms with van der Waals surface area (Å²) in [6.07, 6.45) is -1.40. The van der Waals surface area contributed by atoms with E-state index in [1.54, 1.807) is 6.92 Å². The summed E-state index contributed by atoms with van der Waals surface area (Å²) in [7, 11) is 0. The van der Waals surface area contributed by atoms with Gasteiger partial charge in [-0.15, -0.1) is 5.17 Å². The van der Waals surface area contributed by atoms with Gasteiger partial charge in [-0.2, -0.15) is 0 Å². The largest absolute Gasteiger partial charge is 0.464 e. The second-order valence-corrected chi connectivity index (χ2v) is 1.89. The van der Waals surface area contributed by atoms with Crippen LogP contribution >= 0.6 is 0 Å². The van der Waals surface area contributed by atoms with Crippen LogP contribution in [0.2, 0.25) is 0 Å². The molecule has 0 saturated carbocycles. The Balaban J connectivity index is 3.64. The number of aliphatic hydroxyl groups excluding tert-OH is 1. The summed E-state index contributed by atoms with van der Waals surface area (Å²) in [6.45, 7) is 1.44. The molecule has 0 aromatic carbocycles. The molecule has 0 heterocycles. The molecule has 0 rings (SSSR count). The first-order chi connectivity index (χ1) is 5.07. The van der Waals surface area contributed by atoms with Gasteiger partial charge in [-0.05, 0) is 6.92 Å². The van der Waals surface area contributed by atoms with Crippen LogP contribution in [0, 0.1) is 0 Å². The van der Waals surface area contributed by atoms with E-state index in [4.69, 9.17) is 16.2 Å². The molecule has 0 amide bonds. The minimum Gasteiger partial charge on any atom is -0.464 e. The predicted octanol–water partition coefficient (Wildman–Crippen LogP) is -1.52. The molecule has 11 heavy (non-hydrogen) atoms. The predicted molar refractivity (Wildman–Crippen MR) is 35.3 cm³/mol. The lowest BCUT2D eigenvalue weighted by molar-refractivity contribution is -0.164. The van der Waals surface area contributed by atoms with Gasteiger partial charge in [-0.3, -0.25) is 5.21 Å². The Hall–Kier alpha value is -0.690. The van der Waals surface area contributed by atoms with Gasteiger partial charge in [0.15, 0.2) is 6.10 Å². The summed E-state index contributed by atoms with van der Waals surface area (Å²) in [6, 6.07) is 0. The highest BCUT2D eigenvalue weighted by molar-refractivity contribution is 5.74. The smallest absolute Gasteiger partial charge is 0.336 e. The van der Waals surface area contributed by atoms with Gasteiger partial charge in [-0.1, -0.05) is 0 Å². The van der Waals surface area contributed by atoms with Crippen molar-refractivity contribution in [3.05, 3.63) is 0 Å². The summed E-state index contributed by atoms with van der Waals surface area (Å²) < 4.78 is 4.42. The zero-order chi connectivity index (χ0) is 8.85. The number of aliphatic hydroxyl groups is 1. The molecule has 0 saturated heterocycles. The number of ether oxygens (including phenoxy) is 1. The number of rotatable bonds is 4. The zero-order valence-electron chi connectivity index (χ0n) is 6.23. The fourth-order valence-corrected chi connectivity index (χ4v) is 0.490. The highest BCUT2D eigenvalue weighted by Crippen LogP contribution is 1.88. The first-order valence-corrected chi connectivity index (χ1v) is 3.13. The quantitative estimate of drug-likeness (QED) is 0.265. The number of esters is 1. The Bertz CT molecular complexity index is 128. The van der Waals surface area contributed by atoms with Crippen molar-refractivity contribution in [1.29, 1.82) is 0 Å². The molecule has 1 unspecified atom stereocenters. The molecule has 0 spiro atoms. The molecule has 1 atom stereocenters. The van der Waals surface area contributed by atoms with E-state index in [0.717, 1.165) is 0 Å². The second-order valence-electron chi connectivity index (χ2n) is 1.89. The number of nitrogens with zero attached hydrogens (tertiary/aromatic N) is 1. The number of hydrogen-bond acceptors (Lipinski definition) is 6. The van der Waals surface area contributed by atoms with Crippen molar-refractivity contribution in [3.63, 3.8) is 0 Å². The fraction of sp³-hybridized carbons (Fsp3) is 0.800. The Labute approximate surface area is 64.1 Å². The van der Waals surface area contributed by atoms with E-state index in [9.17, 15) is 4.79 Å². The van der Waals surface area contributed by atoms with Gasteiger partial charge in [0.25, 0.3) is 0 Å². The van der Waals surface area contributed by atoms with Crippen LogP contribution in [0.15, 0.2) is 0 Å². The number of nitrogens with two attached hydrogens (primary N) is 1. The van der Waals surface area contributed by atoms with Crippen LogP contribution in [-0.4, -0.2) is 40.7 Å². The number of hydroxylamine groups is 1. The van der Waals surface area contributed by atoms with Crippen LogP contribution in [0.3, 0.4) is 0 Å². The second kappa shape index (κ2) is 5.03. The van der Waals surface area contributed by atoms with Crippen LogP contribution in [0.1, 0.15) is 6.92 Å². The zero-order valence-corrected chi connectivity index (χ0v) is 6.23. The van der Waals surface area contributed by atoms with Crippen molar-refractivity contribution in [2.45, 2.75) is 13.0 Å². The van der Waals surface area contributed by atoms with Gasteiger partial charge in [-0.25, -0.2) is 10.6 Å². The molecule has 0 aromatic rings. The highest BCUT2D eigenvalue weighted by Gasteiger charge is 2.17. The van der Waals surface area contributed by atoms with E-state index in [0.29, 0.717) is 0 Å². The van der Waals surface area contributed by atoms with E-state index in [1.165, 1.54) is 0 Å². The van der Waals surface area contributed by atoms with Crippen molar-refractivity contribution >= 4 is 5.97 Å². The minimum absolute atomic E-state index is 0.186. The number of hydrogen-bond donors (Lipinski definition) is 3. The van der Waals surface area contributed by atoms with Crippen molar-refractivity contribution in [2.24, 2.45) is 5.84 Å². The number of carbonyl (C=O) groups is 1. The SMILES string of the molecule is CCOC(=O)C(O)CN(N)O. The number of carbonyl (C=O) groups excluding carboxylic acids is 1. The molecule has 0 radical (unpaired) electrons. The molecule has 0 fully saturated rings. The van der Waals surface area contributed by atoms with Gasteiger partial charge >= 0.3 is 5.97 Å². The van der Waals surface area contributed by atoms with E-state index in [-0.39, 0.29) is 18.3 Å². The molecule has 0 aromatic heterocycles. The lowest BCUT2D eigenvalue weighted by Crippen LogP contribution is -2.39. The number of hydrazine groups is 1. The first-order valence-electron chi connectivity index (χ1n) is 3.13. The average Bonchev–Trinajstić information content (AvgIpc) is 1.86. The van der Waals surface area contributed by atoms with Crippen LogP contribution in [-0.2, 0) is 9.53 Å². The summed E-state index contributed by atoms with van der Waals surface area (Å²) in [4.78, 5) is 10.6. The van der Waals surface area contributed by atoms with Gasteiger partial charge in [0.1, 0.15) is 0 Å². The van der Waals surface area contributed by atoms with Gasteiger partial charge in [0.2, 0.25) is 0 Å². The first kappa shape index (κ1) is 10.3. The van der Waals surface area contributed by atoms with Crippen LogP contribution in [0.5, 0.6) is 0 Å². The summed E-state index contributed by atoms with van der Waals surface area (Å²) >= 11 is 0. The van der Waals surface area contributed by atoms with E-state index >= 15 is 0 Å². The normalized spacial score (nSPS) is 13.2. The van der Waals surface area contributed by atoms with Crippen molar-refractivity contribution < 1.29 is 19.8 Å². The molecule has 6 heteroatoms. The van der Waals surface area contributed by atoms with Gasteiger partial charge < -0.3 is 9.84 Å². The Morgan fingerprint density at radius 3 is 2.73 bits per heavy atom. The highest BCUT2D eigenvalue weighted by atomic mass is 16.6. The Morgan fingerprint density at radius 2 is 2.36 bits per heavy atom. The van der Waals surface area contributed by atoms with Crippen molar-refractivity contribution in [2.75, 3.05) is 13.2 Å². The van der Waals surface area contributed by atoms with E-state index < -0.39 is 12.1 Å². The van der Waals surface area contributed by atoms with E-state index in [1.807, 2.05) is 0 Å². The standard InChI is InChI=1S/C5H12N2O4/c1-2-11-5(9)4(8)3-7(6)10/h4,8,10H,2-3,6H2,1H3. The third kappa shape index (κ3) is 4.68. The molecule has 66 valence electrons. The lowest BCUT2D eigenvalue weighted by atomic mass is 10.4. The molecular formula is C5H12N2O4. The van der Waals surface area contributed by atoms with E-state index in [2.05, 4.69) is 4.74 Å². The maximum atomic E-state index is 10.6. The summed E-state index contributed by atoms with van der Waals surface area (Å²) in [5, 5.41) is 17.5.